The second kappa shape index (κ2) is 2.94. The highest BCUT2D eigenvalue weighted by molar-refractivity contribution is 7.10. The summed E-state index contributed by atoms with van der Waals surface area (Å²) in [6.45, 7) is 0. The summed E-state index contributed by atoms with van der Waals surface area (Å²) < 4.78 is 0. The van der Waals surface area contributed by atoms with Crippen molar-refractivity contribution in [2.75, 3.05) is 0 Å². The molecule has 0 saturated heterocycles. The van der Waals surface area contributed by atoms with Gasteiger partial charge in [0.1, 0.15) is 5.82 Å². The van der Waals surface area contributed by atoms with Crippen LogP contribution in [0.4, 0.5) is 0 Å². The first-order valence-corrected chi connectivity index (χ1v) is 6.73. The maximum absolute atomic E-state index is 4.70. The van der Waals surface area contributed by atoms with Crippen LogP contribution in [0.2, 0.25) is 0 Å². The summed E-state index contributed by atoms with van der Waals surface area (Å²) in [5, 5.41) is 9.70. The molecule has 0 aromatic carbocycles. The fourth-order valence-corrected chi connectivity index (χ4v) is 3.27. The van der Waals surface area contributed by atoms with E-state index in [1.807, 2.05) is 11.3 Å². The third-order valence-electron chi connectivity index (χ3n) is 3.64. The molecule has 0 aliphatic heterocycles. The van der Waals surface area contributed by atoms with Gasteiger partial charge in [-0.3, -0.25) is 5.10 Å². The molecular weight excluding hydrogens is 218 g/mol. The van der Waals surface area contributed by atoms with Crippen LogP contribution in [-0.2, 0) is 5.41 Å². The zero-order valence-electron chi connectivity index (χ0n) is 8.94. The first kappa shape index (κ1) is 8.93. The van der Waals surface area contributed by atoms with Gasteiger partial charge in [0.25, 0.3) is 0 Å². The number of aromatic amines is 1. The van der Waals surface area contributed by atoms with E-state index in [-0.39, 0.29) is 5.41 Å². The van der Waals surface area contributed by atoms with Gasteiger partial charge in [-0.15, -0.1) is 11.3 Å². The molecule has 2 aliphatic carbocycles. The van der Waals surface area contributed by atoms with Gasteiger partial charge in [-0.1, -0.05) is 6.07 Å². The summed E-state index contributed by atoms with van der Waals surface area (Å²) in [5.74, 6) is 2.80. The lowest BCUT2D eigenvalue weighted by Gasteiger charge is -2.07. The highest BCUT2D eigenvalue weighted by atomic mass is 32.1. The number of rotatable bonds is 3. The number of nitrogens with zero attached hydrogens (tertiary/aromatic N) is 2. The van der Waals surface area contributed by atoms with Crippen LogP contribution < -0.4 is 0 Å². The maximum atomic E-state index is 4.70. The average Bonchev–Trinajstić information content (AvgIpc) is 3.22. The van der Waals surface area contributed by atoms with Crippen LogP contribution >= 0.6 is 11.3 Å². The van der Waals surface area contributed by atoms with Crippen molar-refractivity contribution < 1.29 is 0 Å². The first-order chi connectivity index (χ1) is 7.88. The monoisotopic (exact) mass is 231 g/mol. The van der Waals surface area contributed by atoms with E-state index in [1.165, 1.54) is 30.6 Å². The Balaban J connectivity index is 1.73. The lowest BCUT2D eigenvalue weighted by atomic mass is 10.0. The van der Waals surface area contributed by atoms with E-state index < -0.39 is 0 Å². The molecule has 2 heterocycles. The van der Waals surface area contributed by atoms with Crippen LogP contribution in [-0.4, -0.2) is 15.2 Å². The molecule has 4 heteroatoms. The SMILES string of the molecule is c1csc(C2(c3n[nH]c(C4CC4)n3)CC2)c1. The quantitative estimate of drug-likeness (QED) is 0.882. The van der Waals surface area contributed by atoms with Gasteiger partial charge in [-0.25, -0.2) is 4.98 Å². The average molecular weight is 231 g/mol. The van der Waals surface area contributed by atoms with Gasteiger partial charge < -0.3 is 0 Å². The molecule has 16 heavy (non-hydrogen) atoms. The third-order valence-corrected chi connectivity index (χ3v) is 4.71. The van der Waals surface area contributed by atoms with Crippen LogP contribution in [0.3, 0.4) is 0 Å². The zero-order valence-corrected chi connectivity index (χ0v) is 9.76. The second-order valence-electron chi connectivity index (χ2n) is 4.88. The molecule has 0 bridgehead atoms. The molecule has 82 valence electrons. The Bertz CT molecular complexity index is 506. The van der Waals surface area contributed by atoms with E-state index in [9.17, 15) is 0 Å². The van der Waals surface area contributed by atoms with Crippen molar-refractivity contribution in [1.29, 1.82) is 0 Å². The van der Waals surface area contributed by atoms with E-state index in [4.69, 9.17) is 4.98 Å². The number of nitrogens with one attached hydrogen (secondary N) is 1. The normalized spacial score (nSPS) is 22.2. The number of aromatic nitrogens is 3. The van der Waals surface area contributed by atoms with E-state index in [0.29, 0.717) is 5.92 Å². The van der Waals surface area contributed by atoms with Gasteiger partial charge in [0, 0.05) is 10.8 Å². The minimum Gasteiger partial charge on any atom is -0.263 e. The van der Waals surface area contributed by atoms with Gasteiger partial charge in [0.15, 0.2) is 5.82 Å². The van der Waals surface area contributed by atoms with E-state index in [1.54, 1.807) is 0 Å². The third kappa shape index (κ3) is 1.19. The van der Waals surface area contributed by atoms with Crippen molar-refractivity contribution in [3.05, 3.63) is 34.0 Å². The highest BCUT2D eigenvalue weighted by Crippen LogP contribution is 2.54. The fourth-order valence-electron chi connectivity index (χ4n) is 2.28. The first-order valence-electron chi connectivity index (χ1n) is 5.85. The fraction of sp³-hybridized carbons (Fsp3) is 0.500. The van der Waals surface area contributed by atoms with E-state index in [0.717, 1.165) is 11.6 Å². The van der Waals surface area contributed by atoms with E-state index >= 15 is 0 Å². The molecule has 4 rings (SSSR count). The molecule has 0 atom stereocenters. The lowest BCUT2D eigenvalue weighted by Crippen LogP contribution is -2.08. The van der Waals surface area contributed by atoms with Gasteiger partial charge in [-0.05, 0) is 37.1 Å². The van der Waals surface area contributed by atoms with Crippen molar-refractivity contribution >= 4 is 11.3 Å². The van der Waals surface area contributed by atoms with Crippen LogP contribution in [0.1, 0.15) is 48.1 Å². The number of thiophene rings is 1. The Hall–Kier alpha value is -1.16. The standard InChI is InChI=1S/C12H13N3S/c1-2-9(16-7-1)12(5-6-12)11-13-10(14-15-11)8-3-4-8/h1-2,7-8H,3-6H2,(H,13,14,15). The Labute approximate surface area is 97.9 Å². The molecule has 2 saturated carbocycles. The minimum absolute atomic E-state index is 0.164. The molecule has 2 aliphatic rings. The highest BCUT2D eigenvalue weighted by Gasteiger charge is 2.50. The van der Waals surface area contributed by atoms with Crippen molar-refractivity contribution in [2.24, 2.45) is 0 Å². The number of hydrogen-bond acceptors (Lipinski definition) is 3. The molecule has 0 amide bonds. The summed E-state index contributed by atoms with van der Waals surface area (Å²) in [6.07, 6.45) is 4.96. The minimum atomic E-state index is 0.164. The lowest BCUT2D eigenvalue weighted by molar-refractivity contribution is 0.776. The van der Waals surface area contributed by atoms with E-state index in [2.05, 4.69) is 27.7 Å². The molecule has 2 fully saturated rings. The molecule has 1 N–H and O–H groups in total. The molecule has 0 spiro atoms. The largest absolute Gasteiger partial charge is 0.263 e. The molecule has 2 aromatic heterocycles. The Morgan fingerprint density at radius 1 is 1.38 bits per heavy atom. The van der Waals surface area contributed by atoms with Gasteiger partial charge in [0.2, 0.25) is 0 Å². The van der Waals surface area contributed by atoms with Crippen molar-refractivity contribution in [3.63, 3.8) is 0 Å². The van der Waals surface area contributed by atoms with Crippen LogP contribution in [0.25, 0.3) is 0 Å². The smallest absolute Gasteiger partial charge is 0.162 e. The molecule has 3 nitrogen and oxygen atoms in total. The topological polar surface area (TPSA) is 41.6 Å². The van der Waals surface area contributed by atoms with Gasteiger partial charge in [0.05, 0.1) is 5.41 Å². The van der Waals surface area contributed by atoms with Crippen LogP contribution in [0.5, 0.6) is 0 Å². The van der Waals surface area contributed by atoms with Crippen LogP contribution in [0, 0.1) is 0 Å². The maximum Gasteiger partial charge on any atom is 0.162 e. The Morgan fingerprint density at radius 3 is 2.88 bits per heavy atom. The second-order valence-corrected chi connectivity index (χ2v) is 5.83. The summed E-state index contributed by atoms with van der Waals surface area (Å²) in [4.78, 5) is 6.13. The number of hydrogen-bond donors (Lipinski definition) is 1. The molecule has 0 radical (unpaired) electrons. The summed E-state index contributed by atoms with van der Waals surface area (Å²) >= 11 is 1.83. The van der Waals surface area contributed by atoms with Crippen LogP contribution in [0.15, 0.2) is 17.5 Å². The van der Waals surface area contributed by atoms with Crippen molar-refractivity contribution in [3.8, 4) is 0 Å². The Morgan fingerprint density at radius 2 is 2.25 bits per heavy atom. The number of H-pyrrole nitrogens is 1. The molecular formula is C12H13N3S. The van der Waals surface area contributed by atoms with Gasteiger partial charge in [-0.2, -0.15) is 5.10 Å². The van der Waals surface area contributed by atoms with Crippen molar-refractivity contribution in [2.45, 2.75) is 37.0 Å². The Kier molecular flexibility index (Phi) is 1.64. The van der Waals surface area contributed by atoms with Crippen molar-refractivity contribution in [1.82, 2.24) is 15.2 Å². The molecule has 2 aromatic rings. The predicted octanol–water partition coefficient (Wildman–Crippen LogP) is 2.82. The van der Waals surface area contributed by atoms with Gasteiger partial charge >= 0.3 is 0 Å². The predicted molar refractivity (Wildman–Crippen MR) is 62.7 cm³/mol. The summed E-state index contributed by atoms with van der Waals surface area (Å²) in [7, 11) is 0. The summed E-state index contributed by atoms with van der Waals surface area (Å²) in [5.41, 5.74) is 0.164. The molecule has 0 unspecified atom stereocenters. The zero-order chi connectivity index (χ0) is 10.6. The summed E-state index contributed by atoms with van der Waals surface area (Å²) in [6, 6.07) is 4.33.